The van der Waals surface area contributed by atoms with E-state index < -0.39 is 58.0 Å². The van der Waals surface area contributed by atoms with Crippen molar-refractivity contribution in [2.75, 3.05) is 33.1 Å². The molecule has 1 amide bonds. The van der Waals surface area contributed by atoms with Gasteiger partial charge in [-0.05, 0) is 50.6 Å². The van der Waals surface area contributed by atoms with Crippen molar-refractivity contribution in [1.82, 2.24) is 10.2 Å². The second-order valence-electron chi connectivity index (χ2n) is 11.8. The van der Waals surface area contributed by atoms with Crippen LogP contribution in [0.1, 0.15) is 28.7 Å². The van der Waals surface area contributed by atoms with Gasteiger partial charge in [-0.25, -0.2) is 0 Å². The Morgan fingerprint density at radius 3 is 2.30 bits per heavy atom. The number of aliphatic hydroxyl groups excluding tert-OH is 2. The molecular weight excluding hydrogens is 556 g/mol. The molecule has 4 atom stereocenters. The molecule has 8 N–H and O–H groups in total. The summed E-state index contributed by atoms with van der Waals surface area (Å²) in [5.41, 5.74) is 4.01. The molecule has 12 nitrogen and oxygen atoms in total. The largest absolute Gasteiger partial charge is 0.508 e. The minimum atomic E-state index is -2.69. The standard InChI is InChI=1S/C31H36N4O8/c1-34(2)19-11-16(13-33-12-14-7-5-6-8-20(14)36)25(37)22-17(19)9-15-10-18-24(35(3)4)27(39)23(30(32)42)29(41)31(18,43)28(40)21(15)26(22)38/h5-8,11,15,18,24,33,36-38,41,43H,9-10,12-13H2,1-4H3,(H2,32,42)/t15-,18-,24?,31-/m0/s1. The Kier molecular flexibility index (Phi) is 7.49. The number of ketones is 2. The van der Waals surface area contributed by atoms with E-state index in [-0.39, 0.29) is 42.0 Å². The van der Waals surface area contributed by atoms with Crippen LogP contribution in [0.15, 0.2) is 47.2 Å². The van der Waals surface area contributed by atoms with Crippen LogP contribution in [-0.4, -0.2) is 87.7 Å². The monoisotopic (exact) mass is 592 g/mol. The van der Waals surface area contributed by atoms with Gasteiger partial charge in [0.2, 0.25) is 5.78 Å². The van der Waals surface area contributed by atoms with Crippen molar-refractivity contribution < 1.29 is 39.9 Å². The van der Waals surface area contributed by atoms with Crippen LogP contribution in [0.25, 0.3) is 5.76 Å². The van der Waals surface area contributed by atoms with Crippen LogP contribution in [0, 0.1) is 11.8 Å². The molecule has 0 aromatic heterocycles. The summed E-state index contributed by atoms with van der Waals surface area (Å²) in [5.74, 6) is -6.73. The van der Waals surface area contributed by atoms with Gasteiger partial charge < -0.3 is 41.5 Å². The van der Waals surface area contributed by atoms with Crippen LogP contribution in [0.5, 0.6) is 11.5 Å². The van der Waals surface area contributed by atoms with E-state index in [0.717, 1.165) is 0 Å². The Bertz CT molecular complexity index is 1610. The minimum absolute atomic E-state index is 0.0171. The summed E-state index contributed by atoms with van der Waals surface area (Å²) in [6.07, 6.45) is 0.213. The van der Waals surface area contributed by atoms with Gasteiger partial charge in [0, 0.05) is 55.5 Å². The van der Waals surface area contributed by atoms with Crippen LogP contribution in [0.2, 0.25) is 0 Å². The number of primary amides is 1. The van der Waals surface area contributed by atoms with E-state index in [1.54, 1.807) is 44.4 Å². The summed E-state index contributed by atoms with van der Waals surface area (Å²) in [6, 6.07) is 7.47. The smallest absolute Gasteiger partial charge is 0.255 e. The van der Waals surface area contributed by atoms with Crippen molar-refractivity contribution in [3.8, 4) is 11.5 Å². The van der Waals surface area contributed by atoms with Crippen molar-refractivity contribution in [3.63, 3.8) is 0 Å². The zero-order valence-electron chi connectivity index (χ0n) is 24.4. The highest BCUT2D eigenvalue weighted by atomic mass is 16.3. The number of phenols is 2. The number of aromatic hydroxyl groups is 2. The first-order chi connectivity index (χ1) is 20.2. The molecule has 1 fully saturated rings. The minimum Gasteiger partial charge on any atom is -0.508 e. The number of rotatable bonds is 7. The molecule has 228 valence electrons. The van der Waals surface area contributed by atoms with E-state index >= 15 is 0 Å². The molecule has 5 rings (SSSR count). The molecule has 1 unspecified atom stereocenters. The quantitative estimate of drug-likeness (QED) is 0.227. The van der Waals surface area contributed by atoms with Gasteiger partial charge in [-0.15, -0.1) is 0 Å². The molecule has 0 bridgehead atoms. The van der Waals surface area contributed by atoms with Crippen molar-refractivity contribution in [3.05, 3.63) is 69.5 Å². The number of nitrogens with one attached hydrogen (secondary N) is 1. The third-order valence-electron chi connectivity index (χ3n) is 8.88. The summed E-state index contributed by atoms with van der Waals surface area (Å²) in [7, 11) is 6.74. The summed E-state index contributed by atoms with van der Waals surface area (Å²) < 4.78 is 0. The number of carbonyl (C=O) groups excluding carboxylic acids is 3. The molecule has 2 aromatic carbocycles. The van der Waals surface area contributed by atoms with E-state index in [2.05, 4.69) is 5.32 Å². The van der Waals surface area contributed by atoms with E-state index in [9.17, 15) is 39.9 Å². The number of aliphatic hydroxyl groups is 3. The fourth-order valence-corrected chi connectivity index (χ4v) is 6.87. The highest BCUT2D eigenvalue weighted by Crippen LogP contribution is 2.54. The van der Waals surface area contributed by atoms with Crippen LogP contribution in [-0.2, 0) is 33.9 Å². The predicted molar refractivity (Wildman–Crippen MR) is 157 cm³/mol. The molecule has 0 saturated heterocycles. The number of para-hydroxylation sites is 1. The molecule has 12 heteroatoms. The van der Waals surface area contributed by atoms with Crippen LogP contribution < -0.4 is 16.0 Å². The zero-order chi connectivity index (χ0) is 31.5. The number of carbonyl (C=O) groups is 3. The fraction of sp³-hybridized carbons (Fsp3) is 0.387. The number of Topliss-reactive ketones (excluding diaryl/α,β-unsaturated/α-hetero) is 2. The van der Waals surface area contributed by atoms with Crippen molar-refractivity contribution in [2.45, 2.75) is 37.6 Å². The first-order valence-corrected chi connectivity index (χ1v) is 13.9. The molecule has 0 spiro atoms. The number of nitrogens with two attached hydrogens (primary N) is 1. The Hall–Kier alpha value is -4.39. The average Bonchev–Trinajstić information content (AvgIpc) is 2.92. The first kappa shape index (κ1) is 30.1. The molecule has 2 aromatic rings. The number of likely N-dealkylation sites (N-methyl/N-ethyl adjacent to an activating group) is 1. The summed E-state index contributed by atoms with van der Waals surface area (Å²) in [6.45, 7) is 0.445. The number of phenolic OH excluding ortho intramolecular Hbond substituents is 2. The van der Waals surface area contributed by atoms with Crippen LogP contribution in [0.4, 0.5) is 5.69 Å². The van der Waals surface area contributed by atoms with E-state index in [4.69, 9.17) is 5.73 Å². The number of hydrogen-bond acceptors (Lipinski definition) is 11. The molecule has 0 radical (unpaired) electrons. The lowest BCUT2D eigenvalue weighted by atomic mass is 9.57. The van der Waals surface area contributed by atoms with Crippen molar-refractivity contribution >= 4 is 28.9 Å². The van der Waals surface area contributed by atoms with Gasteiger partial charge in [0.05, 0.1) is 11.6 Å². The zero-order valence-corrected chi connectivity index (χ0v) is 24.4. The van der Waals surface area contributed by atoms with Gasteiger partial charge in [-0.3, -0.25) is 19.3 Å². The SMILES string of the molecule is CN(C)c1cc(CNCc2ccccc2O)c(O)c2c1C[C@H]1C[C@H]3C(N(C)C)C(=O)C(C(N)=O)=C(O)[C@@]3(O)C(=O)C1=C2O. The molecule has 3 aliphatic rings. The van der Waals surface area contributed by atoms with Crippen molar-refractivity contribution in [1.29, 1.82) is 0 Å². The third kappa shape index (κ3) is 4.53. The van der Waals surface area contributed by atoms with E-state index in [0.29, 0.717) is 28.9 Å². The lowest BCUT2D eigenvalue weighted by Crippen LogP contribution is -2.65. The summed E-state index contributed by atoms with van der Waals surface area (Å²) in [4.78, 5) is 42.8. The normalized spacial score (nSPS) is 25.0. The lowest BCUT2D eigenvalue weighted by Gasteiger charge is -2.50. The third-order valence-corrected chi connectivity index (χ3v) is 8.88. The maximum atomic E-state index is 14.1. The average molecular weight is 593 g/mol. The summed E-state index contributed by atoms with van der Waals surface area (Å²) in [5, 5.41) is 59.1. The maximum Gasteiger partial charge on any atom is 0.255 e. The molecule has 3 aliphatic carbocycles. The topological polar surface area (TPSA) is 197 Å². The van der Waals surface area contributed by atoms with Gasteiger partial charge in [-0.1, -0.05) is 18.2 Å². The van der Waals surface area contributed by atoms with Gasteiger partial charge in [-0.2, -0.15) is 0 Å². The molecule has 0 aliphatic heterocycles. The van der Waals surface area contributed by atoms with Gasteiger partial charge >= 0.3 is 0 Å². The Balaban J connectivity index is 1.62. The highest BCUT2D eigenvalue weighted by Gasteiger charge is 2.64. The number of anilines is 1. The summed E-state index contributed by atoms with van der Waals surface area (Å²) >= 11 is 0. The maximum absolute atomic E-state index is 14.1. The fourth-order valence-electron chi connectivity index (χ4n) is 6.87. The lowest BCUT2D eigenvalue weighted by molar-refractivity contribution is -0.153. The van der Waals surface area contributed by atoms with Crippen molar-refractivity contribution in [2.24, 2.45) is 17.6 Å². The van der Waals surface area contributed by atoms with Crippen LogP contribution in [0.3, 0.4) is 0 Å². The number of amides is 1. The van der Waals surface area contributed by atoms with E-state index in [1.165, 1.54) is 4.90 Å². The molecule has 0 heterocycles. The Morgan fingerprint density at radius 2 is 1.70 bits per heavy atom. The molecule has 43 heavy (non-hydrogen) atoms. The first-order valence-electron chi connectivity index (χ1n) is 13.9. The van der Waals surface area contributed by atoms with Gasteiger partial charge in [0.1, 0.15) is 28.6 Å². The Labute approximate surface area is 248 Å². The second kappa shape index (κ2) is 10.7. The number of fused-ring (bicyclic) bond motifs is 3. The highest BCUT2D eigenvalue weighted by molar-refractivity contribution is 6.24. The Morgan fingerprint density at radius 1 is 1.05 bits per heavy atom. The molecule has 1 saturated carbocycles. The number of benzene rings is 2. The van der Waals surface area contributed by atoms with E-state index in [1.807, 2.05) is 19.0 Å². The van der Waals surface area contributed by atoms with Crippen LogP contribution >= 0.6 is 0 Å². The van der Waals surface area contributed by atoms with Gasteiger partial charge in [0.25, 0.3) is 5.91 Å². The number of nitrogens with zero attached hydrogens (tertiary/aromatic N) is 2. The molecular formula is C31H36N4O8. The number of hydrogen-bond donors (Lipinski definition) is 7. The second-order valence-corrected chi connectivity index (χ2v) is 11.8. The predicted octanol–water partition coefficient (Wildman–Crippen LogP) is 1.03. The van der Waals surface area contributed by atoms with Gasteiger partial charge in [0.15, 0.2) is 11.4 Å².